The fourth-order valence-electron chi connectivity index (χ4n) is 2.25. The second kappa shape index (κ2) is 8.97. The average molecular weight is 343 g/mol. The van der Waals surface area contributed by atoms with Gasteiger partial charge in [-0.05, 0) is 56.2 Å². The van der Waals surface area contributed by atoms with Crippen LogP contribution in [0, 0.1) is 6.92 Å². The first-order valence-electron chi connectivity index (χ1n) is 8.27. The van der Waals surface area contributed by atoms with Crippen molar-refractivity contribution in [2.45, 2.75) is 33.4 Å². The maximum Gasteiger partial charge on any atom is 0.258 e. The van der Waals surface area contributed by atoms with Crippen LogP contribution >= 0.6 is 0 Å². The van der Waals surface area contributed by atoms with Gasteiger partial charge in [0.15, 0.2) is 18.1 Å². The van der Waals surface area contributed by atoms with Gasteiger partial charge in [-0.2, -0.15) is 0 Å². The summed E-state index contributed by atoms with van der Waals surface area (Å²) in [5.41, 5.74) is 2.07. The number of rotatable bonds is 8. The molecule has 0 unspecified atom stereocenters. The van der Waals surface area contributed by atoms with Gasteiger partial charge in [0.05, 0.1) is 13.2 Å². The van der Waals surface area contributed by atoms with Gasteiger partial charge in [0, 0.05) is 6.54 Å². The number of carbonyl (C=O) groups excluding carboxylic acids is 1. The van der Waals surface area contributed by atoms with Crippen molar-refractivity contribution in [1.29, 1.82) is 0 Å². The number of methoxy groups -OCH3 is 1. The number of ether oxygens (including phenoxy) is 3. The zero-order chi connectivity index (χ0) is 18.2. The molecule has 5 heteroatoms. The summed E-state index contributed by atoms with van der Waals surface area (Å²) in [4.78, 5) is 12.0. The third kappa shape index (κ3) is 6.03. The standard InChI is InChI=1S/C20H25NO4/c1-14(2)25-17-8-6-16(7-9-17)12-21-20(22)13-24-18-10-5-15(3)11-19(18)23-4/h5-11,14H,12-13H2,1-4H3,(H,21,22). The molecule has 0 aliphatic heterocycles. The molecule has 0 aromatic heterocycles. The van der Waals surface area contributed by atoms with Crippen LogP contribution in [0.2, 0.25) is 0 Å². The maximum atomic E-state index is 12.0. The average Bonchev–Trinajstić information content (AvgIpc) is 2.59. The van der Waals surface area contributed by atoms with Crippen LogP contribution < -0.4 is 19.5 Å². The summed E-state index contributed by atoms with van der Waals surface area (Å²) in [7, 11) is 1.58. The summed E-state index contributed by atoms with van der Waals surface area (Å²) in [6.45, 7) is 6.31. The lowest BCUT2D eigenvalue weighted by Gasteiger charge is -2.12. The smallest absolute Gasteiger partial charge is 0.258 e. The van der Waals surface area contributed by atoms with Crippen molar-refractivity contribution in [1.82, 2.24) is 5.32 Å². The first-order valence-corrected chi connectivity index (χ1v) is 8.27. The highest BCUT2D eigenvalue weighted by atomic mass is 16.5. The second-order valence-electron chi connectivity index (χ2n) is 6.03. The number of nitrogens with one attached hydrogen (secondary N) is 1. The topological polar surface area (TPSA) is 56.8 Å². The zero-order valence-corrected chi connectivity index (χ0v) is 15.2. The van der Waals surface area contributed by atoms with Crippen LogP contribution in [-0.4, -0.2) is 25.7 Å². The molecule has 0 radical (unpaired) electrons. The van der Waals surface area contributed by atoms with Gasteiger partial charge in [-0.25, -0.2) is 0 Å². The Balaban J connectivity index is 1.81. The number of hydrogen-bond donors (Lipinski definition) is 1. The van der Waals surface area contributed by atoms with E-state index in [1.165, 1.54) is 0 Å². The van der Waals surface area contributed by atoms with Crippen LogP contribution in [0.15, 0.2) is 42.5 Å². The molecule has 2 aromatic carbocycles. The van der Waals surface area contributed by atoms with E-state index in [0.717, 1.165) is 16.9 Å². The molecule has 134 valence electrons. The molecule has 2 rings (SSSR count). The zero-order valence-electron chi connectivity index (χ0n) is 15.2. The van der Waals surface area contributed by atoms with Crippen molar-refractivity contribution in [2.24, 2.45) is 0 Å². The predicted octanol–water partition coefficient (Wildman–Crippen LogP) is 3.49. The Kier molecular flexibility index (Phi) is 6.69. The fraction of sp³-hybridized carbons (Fsp3) is 0.350. The molecule has 0 atom stereocenters. The first-order chi connectivity index (χ1) is 12.0. The van der Waals surface area contributed by atoms with Gasteiger partial charge < -0.3 is 19.5 Å². The lowest BCUT2D eigenvalue weighted by atomic mass is 10.2. The lowest BCUT2D eigenvalue weighted by Crippen LogP contribution is -2.28. The highest BCUT2D eigenvalue weighted by molar-refractivity contribution is 5.77. The van der Waals surface area contributed by atoms with E-state index in [0.29, 0.717) is 18.0 Å². The minimum Gasteiger partial charge on any atom is -0.493 e. The molecule has 1 amide bonds. The Morgan fingerprint density at radius 2 is 1.80 bits per heavy atom. The molecule has 2 aromatic rings. The van der Waals surface area contributed by atoms with Crippen LogP contribution in [0.25, 0.3) is 0 Å². The molecule has 5 nitrogen and oxygen atoms in total. The Bertz CT molecular complexity index is 695. The number of benzene rings is 2. The van der Waals surface area contributed by atoms with E-state index in [4.69, 9.17) is 14.2 Å². The molecule has 0 spiro atoms. The molecule has 0 aliphatic rings. The predicted molar refractivity (Wildman–Crippen MR) is 97.3 cm³/mol. The number of amides is 1. The van der Waals surface area contributed by atoms with Crippen LogP contribution in [0.5, 0.6) is 17.2 Å². The minimum atomic E-state index is -0.190. The monoisotopic (exact) mass is 343 g/mol. The SMILES string of the molecule is COc1cc(C)ccc1OCC(=O)NCc1ccc(OC(C)C)cc1. The van der Waals surface area contributed by atoms with E-state index in [-0.39, 0.29) is 18.6 Å². The van der Waals surface area contributed by atoms with E-state index in [1.54, 1.807) is 13.2 Å². The Morgan fingerprint density at radius 1 is 1.08 bits per heavy atom. The highest BCUT2D eigenvalue weighted by Gasteiger charge is 2.08. The minimum absolute atomic E-state index is 0.0615. The van der Waals surface area contributed by atoms with E-state index >= 15 is 0 Å². The quantitative estimate of drug-likeness (QED) is 0.797. The van der Waals surface area contributed by atoms with Gasteiger partial charge in [-0.15, -0.1) is 0 Å². The summed E-state index contributed by atoms with van der Waals surface area (Å²) in [5, 5.41) is 2.83. The molecule has 0 fully saturated rings. The van der Waals surface area contributed by atoms with Crippen LogP contribution in [-0.2, 0) is 11.3 Å². The van der Waals surface area contributed by atoms with Crippen molar-refractivity contribution in [3.63, 3.8) is 0 Å². The molecule has 25 heavy (non-hydrogen) atoms. The van der Waals surface area contributed by atoms with Gasteiger partial charge >= 0.3 is 0 Å². The van der Waals surface area contributed by atoms with Gasteiger partial charge in [0.2, 0.25) is 0 Å². The first kappa shape index (κ1) is 18.6. The number of carbonyl (C=O) groups is 1. The summed E-state index contributed by atoms with van der Waals surface area (Å²) < 4.78 is 16.4. The van der Waals surface area contributed by atoms with Crippen LogP contribution in [0.3, 0.4) is 0 Å². The third-order valence-electron chi connectivity index (χ3n) is 3.46. The van der Waals surface area contributed by atoms with Gasteiger partial charge in [0.25, 0.3) is 5.91 Å². The molecule has 0 saturated carbocycles. The molecule has 1 N–H and O–H groups in total. The van der Waals surface area contributed by atoms with E-state index in [1.807, 2.05) is 57.2 Å². The van der Waals surface area contributed by atoms with Crippen molar-refractivity contribution in [3.8, 4) is 17.2 Å². The second-order valence-corrected chi connectivity index (χ2v) is 6.03. The normalized spacial score (nSPS) is 10.4. The van der Waals surface area contributed by atoms with Crippen molar-refractivity contribution in [3.05, 3.63) is 53.6 Å². The van der Waals surface area contributed by atoms with E-state index < -0.39 is 0 Å². The fourth-order valence-corrected chi connectivity index (χ4v) is 2.25. The van der Waals surface area contributed by atoms with Crippen LogP contribution in [0.4, 0.5) is 0 Å². The van der Waals surface area contributed by atoms with Gasteiger partial charge in [0.1, 0.15) is 5.75 Å². The van der Waals surface area contributed by atoms with Gasteiger partial charge in [-0.1, -0.05) is 18.2 Å². The molecule has 0 bridgehead atoms. The number of aryl methyl sites for hydroxylation is 1. The number of hydrogen-bond acceptors (Lipinski definition) is 4. The Hall–Kier alpha value is -2.69. The Morgan fingerprint density at radius 3 is 2.44 bits per heavy atom. The van der Waals surface area contributed by atoms with E-state index in [9.17, 15) is 4.79 Å². The summed E-state index contributed by atoms with van der Waals surface area (Å²) >= 11 is 0. The van der Waals surface area contributed by atoms with Crippen LogP contribution in [0.1, 0.15) is 25.0 Å². The summed E-state index contributed by atoms with van der Waals surface area (Å²) in [6, 6.07) is 13.2. The van der Waals surface area contributed by atoms with Crippen molar-refractivity contribution < 1.29 is 19.0 Å². The molecule has 0 heterocycles. The molecular formula is C20H25NO4. The third-order valence-corrected chi connectivity index (χ3v) is 3.46. The molecule has 0 aliphatic carbocycles. The summed E-state index contributed by atoms with van der Waals surface area (Å²) in [6.07, 6.45) is 0.140. The maximum absolute atomic E-state index is 12.0. The van der Waals surface area contributed by atoms with Crippen molar-refractivity contribution in [2.75, 3.05) is 13.7 Å². The van der Waals surface area contributed by atoms with Gasteiger partial charge in [-0.3, -0.25) is 4.79 Å². The van der Waals surface area contributed by atoms with Crippen molar-refractivity contribution >= 4 is 5.91 Å². The molecule has 0 saturated heterocycles. The Labute approximate surface area is 148 Å². The summed E-state index contributed by atoms with van der Waals surface area (Å²) in [5.74, 6) is 1.80. The largest absolute Gasteiger partial charge is 0.493 e. The highest BCUT2D eigenvalue weighted by Crippen LogP contribution is 2.27. The molecular weight excluding hydrogens is 318 g/mol. The van der Waals surface area contributed by atoms with E-state index in [2.05, 4.69) is 5.32 Å². The lowest BCUT2D eigenvalue weighted by molar-refractivity contribution is -0.123.